The Bertz CT molecular complexity index is 263. The lowest BCUT2D eigenvalue weighted by Gasteiger charge is -2.08. The van der Waals surface area contributed by atoms with E-state index in [1.807, 2.05) is 11.7 Å². The van der Waals surface area contributed by atoms with E-state index in [0.29, 0.717) is 6.04 Å². The lowest BCUT2D eigenvalue weighted by atomic mass is 10.2. The largest absolute Gasteiger partial charge is 0.368 e. The Hall–Kier alpha value is -0.990. The predicted octanol–water partition coefficient (Wildman–Crippen LogP) is 2.19. The first-order chi connectivity index (χ1) is 6.13. The first kappa shape index (κ1) is 10.1. The fraction of sp³-hybridized carbons (Fsp3) is 0.700. The summed E-state index contributed by atoms with van der Waals surface area (Å²) >= 11 is 0. The number of hydrogen-bond acceptors (Lipinski definition) is 2. The minimum atomic E-state index is 0.463. The van der Waals surface area contributed by atoms with E-state index in [-0.39, 0.29) is 0 Å². The van der Waals surface area contributed by atoms with Crippen LogP contribution < -0.4 is 5.32 Å². The van der Waals surface area contributed by atoms with Crippen molar-refractivity contribution < 1.29 is 0 Å². The molecule has 0 saturated carbocycles. The van der Waals surface area contributed by atoms with Crippen LogP contribution in [0.3, 0.4) is 0 Å². The number of nitrogens with one attached hydrogen (secondary N) is 1. The molecule has 0 aliphatic heterocycles. The van der Waals surface area contributed by atoms with Gasteiger partial charge in [0.2, 0.25) is 0 Å². The van der Waals surface area contributed by atoms with Gasteiger partial charge in [-0.05, 0) is 20.3 Å². The Balaban J connectivity index is 2.71. The Labute approximate surface area is 80.1 Å². The van der Waals surface area contributed by atoms with Crippen LogP contribution in [0.25, 0.3) is 0 Å². The number of anilines is 1. The molecule has 1 aromatic rings. The van der Waals surface area contributed by atoms with Crippen molar-refractivity contribution in [3.63, 3.8) is 0 Å². The van der Waals surface area contributed by atoms with Crippen molar-refractivity contribution in [2.45, 2.75) is 39.7 Å². The van der Waals surface area contributed by atoms with Crippen molar-refractivity contribution in [1.29, 1.82) is 0 Å². The van der Waals surface area contributed by atoms with Crippen LogP contribution in [0.1, 0.15) is 32.9 Å². The first-order valence-corrected chi connectivity index (χ1v) is 4.93. The second kappa shape index (κ2) is 4.30. The number of rotatable bonds is 4. The summed E-state index contributed by atoms with van der Waals surface area (Å²) in [5, 5.41) is 7.76. The Morgan fingerprint density at radius 3 is 2.77 bits per heavy atom. The van der Waals surface area contributed by atoms with Crippen molar-refractivity contribution in [1.82, 2.24) is 9.78 Å². The molecule has 1 aromatic heterocycles. The van der Waals surface area contributed by atoms with E-state index in [1.165, 1.54) is 5.69 Å². The van der Waals surface area contributed by atoms with E-state index < -0.39 is 0 Å². The minimum Gasteiger partial charge on any atom is -0.368 e. The maximum atomic E-state index is 4.41. The maximum absolute atomic E-state index is 4.41. The molecule has 1 N–H and O–H groups in total. The van der Waals surface area contributed by atoms with Gasteiger partial charge < -0.3 is 5.32 Å². The van der Waals surface area contributed by atoms with Gasteiger partial charge in [-0.2, -0.15) is 5.10 Å². The number of hydrogen-bond donors (Lipinski definition) is 1. The molecule has 0 aliphatic rings. The molecule has 3 nitrogen and oxygen atoms in total. The molecule has 13 heavy (non-hydrogen) atoms. The summed E-state index contributed by atoms with van der Waals surface area (Å²) in [5.41, 5.74) is 1.17. The standard InChI is InChI=1S/C10H19N3/c1-5-6-9-7-10(11-8(2)3)13(4)12-9/h7-8,11H,5-6H2,1-4H3. The lowest BCUT2D eigenvalue weighted by Crippen LogP contribution is -2.12. The summed E-state index contributed by atoms with van der Waals surface area (Å²) in [4.78, 5) is 0. The third kappa shape index (κ3) is 2.76. The molecule has 0 atom stereocenters. The van der Waals surface area contributed by atoms with Crippen molar-refractivity contribution in [2.75, 3.05) is 5.32 Å². The highest BCUT2D eigenvalue weighted by molar-refractivity contribution is 5.37. The molecule has 0 spiro atoms. The summed E-state index contributed by atoms with van der Waals surface area (Å²) in [6, 6.07) is 2.59. The van der Waals surface area contributed by atoms with Gasteiger partial charge in [0.25, 0.3) is 0 Å². The molecule has 0 aliphatic carbocycles. The molecule has 74 valence electrons. The zero-order valence-corrected chi connectivity index (χ0v) is 8.96. The first-order valence-electron chi connectivity index (χ1n) is 4.93. The fourth-order valence-corrected chi connectivity index (χ4v) is 1.34. The molecule has 0 amide bonds. The number of aromatic nitrogens is 2. The van der Waals surface area contributed by atoms with Crippen LogP contribution in [-0.4, -0.2) is 15.8 Å². The van der Waals surface area contributed by atoms with E-state index in [1.54, 1.807) is 0 Å². The highest BCUT2D eigenvalue weighted by atomic mass is 15.3. The van der Waals surface area contributed by atoms with Crippen LogP contribution in [0, 0.1) is 0 Å². The average Bonchev–Trinajstić information content (AvgIpc) is 2.31. The topological polar surface area (TPSA) is 29.9 Å². The van der Waals surface area contributed by atoms with Gasteiger partial charge in [0, 0.05) is 19.2 Å². The van der Waals surface area contributed by atoms with E-state index >= 15 is 0 Å². The van der Waals surface area contributed by atoms with Gasteiger partial charge in [0.1, 0.15) is 5.82 Å². The van der Waals surface area contributed by atoms with Crippen molar-refractivity contribution in [3.8, 4) is 0 Å². The Kier molecular flexibility index (Phi) is 3.34. The second-order valence-corrected chi connectivity index (χ2v) is 3.69. The van der Waals surface area contributed by atoms with Gasteiger partial charge in [-0.1, -0.05) is 13.3 Å². The molecular formula is C10H19N3. The summed E-state index contributed by atoms with van der Waals surface area (Å²) in [6.45, 7) is 6.43. The zero-order chi connectivity index (χ0) is 9.84. The van der Waals surface area contributed by atoms with E-state index in [4.69, 9.17) is 0 Å². The van der Waals surface area contributed by atoms with Crippen LogP contribution in [0.4, 0.5) is 5.82 Å². The average molecular weight is 181 g/mol. The second-order valence-electron chi connectivity index (χ2n) is 3.69. The summed E-state index contributed by atoms with van der Waals surface area (Å²) in [6.07, 6.45) is 2.21. The maximum Gasteiger partial charge on any atom is 0.124 e. The highest BCUT2D eigenvalue weighted by Crippen LogP contribution is 2.11. The van der Waals surface area contributed by atoms with Gasteiger partial charge in [-0.15, -0.1) is 0 Å². The normalized spacial score (nSPS) is 10.8. The molecule has 0 unspecified atom stereocenters. The summed E-state index contributed by atoms with van der Waals surface area (Å²) in [5.74, 6) is 1.11. The van der Waals surface area contributed by atoms with Crippen LogP contribution in [0.5, 0.6) is 0 Å². The summed E-state index contributed by atoms with van der Waals surface area (Å²) < 4.78 is 1.91. The van der Waals surface area contributed by atoms with Crippen molar-refractivity contribution >= 4 is 5.82 Å². The van der Waals surface area contributed by atoms with Crippen LogP contribution in [0.15, 0.2) is 6.07 Å². The Morgan fingerprint density at radius 2 is 2.23 bits per heavy atom. The van der Waals surface area contributed by atoms with Gasteiger partial charge in [-0.3, -0.25) is 4.68 Å². The minimum absolute atomic E-state index is 0.463. The zero-order valence-electron chi connectivity index (χ0n) is 8.96. The predicted molar refractivity (Wildman–Crippen MR) is 56.0 cm³/mol. The van der Waals surface area contributed by atoms with Crippen molar-refractivity contribution in [3.05, 3.63) is 11.8 Å². The molecule has 3 heteroatoms. The highest BCUT2D eigenvalue weighted by Gasteiger charge is 2.04. The molecular weight excluding hydrogens is 162 g/mol. The monoisotopic (exact) mass is 181 g/mol. The number of aryl methyl sites for hydroxylation is 2. The molecule has 1 heterocycles. The smallest absolute Gasteiger partial charge is 0.124 e. The van der Waals surface area contributed by atoms with Crippen molar-refractivity contribution in [2.24, 2.45) is 7.05 Å². The third-order valence-electron chi connectivity index (χ3n) is 1.87. The molecule has 0 fully saturated rings. The molecule has 1 rings (SSSR count). The SMILES string of the molecule is CCCc1cc(NC(C)C)n(C)n1. The van der Waals surface area contributed by atoms with Gasteiger partial charge in [0.05, 0.1) is 5.69 Å². The lowest BCUT2D eigenvalue weighted by molar-refractivity contribution is 0.727. The van der Waals surface area contributed by atoms with Gasteiger partial charge >= 0.3 is 0 Å². The van der Waals surface area contributed by atoms with Gasteiger partial charge in [0.15, 0.2) is 0 Å². The quantitative estimate of drug-likeness (QED) is 0.771. The fourth-order valence-electron chi connectivity index (χ4n) is 1.34. The molecule has 0 bridgehead atoms. The van der Waals surface area contributed by atoms with E-state index in [0.717, 1.165) is 18.7 Å². The van der Waals surface area contributed by atoms with Crippen LogP contribution >= 0.6 is 0 Å². The van der Waals surface area contributed by atoms with E-state index in [9.17, 15) is 0 Å². The molecule has 0 aromatic carbocycles. The Morgan fingerprint density at radius 1 is 1.54 bits per heavy atom. The van der Waals surface area contributed by atoms with E-state index in [2.05, 4.69) is 37.3 Å². The molecule has 0 radical (unpaired) electrons. The van der Waals surface area contributed by atoms with Crippen LogP contribution in [0.2, 0.25) is 0 Å². The number of nitrogens with zero attached hydrogens (tertiary/aromatic N) is 2. The summed E-state index contributed by atoms with van der Waals surface area (Å²) in [7, 11) is 1.98. The van der Waals surface area contributed by atoms with Gasteiger partial charge in [-0.25, -0.2) is 0 Å². The molecule has 0 saturated heterocycles. The van der Waals surface area contributed by atoms with Crippen LogP contribution in [-0.2, 0) is 13.5 Å². The third-order valence-corrected chi connectivity index (χ3v) is 1.87.